The van der Waals surface area contributed by atoms with Crippen molar-refractivity contribution in [2.24, 2.45) is 5.92 Å². The summed E-state index contributed by atoms with van der Waals surface area (Å²) in [5.41, 5.74) is 2.47. The number of carbonyl (C=O) groups excluding carboxylic acids is 1. The second-order valence-electron chi connectivity index (χ2n) is 7.78. The van der Waals surface area contributed by atoms with Crippen LogP contribution in [0, 0.1) is 19.8 Å². The minimum atomic E-state index is 0.312. The topological polar surface area (TPSA) is 32.8 Å². The van der Waals surface area contributed by atoms with E-state index in [1.807, 2.05) is 4.90 Å². The van der Waals surface area contributed by atoms with E-state index < -0.39 is 0 Å². The zero-order chi connectivity index (χ0) is 18.4. The number of benzene rings is 1. The van der Waals surface area contributed by atoms with E-state index in [1.165, 1.54) is 11.1 Å². The van der Waals surface area contributed by atoms with E-state index in [-0.39, 0.29) is 0 Å². The van der Waals surface area contributed by atoms with Crippen LogP contribution in [0.4, 0.5) is 0 Å². The normalized spacial score (nSPS) is 18.3. The molecule has 1 amide bonds. The molecular weight excluding hydrogens is 312 g/mol. The Labute approximate surface area is 153 Å². The Balaban J connectivity index is 1.68. The molecule has 4 nitrogen and oxygen atoms in total. The molecule has 0 saturated carbocycles. The van der Waals surface area contributed by atoms with Crippen LogP contribution in [0.2, 0.25) is 0 Å². The van der Waals surface area contributed by atoms with E-state index >= 15 is 0 Å². The number of nitrogens with zero attached hydrogens (tertiary/aromatic N) is 2. The van der Waals surface area contributed by atoms with Gasteiger partial charge in [-0.3, -0.25) is 4.79 Å². The molecule has 0 bridgehead atoms. The van der Waals surface area contributed by atoms with E-state index in [1.54, 1.807) is 0 Å². The highest BCUT2D eigenvalue weighted by Gasteiger charge is 2.27. The van der Waals surface area contributed by atoms with Crippen molar-refractivity contribution in [2.45, 2.75) is 53.0 Å². The number of carbonyl (C=O) groups is 1. The van der Waals surface area contributed by atoms with Gasteiger partial charge in [-0.1, -0.05) is 17.7 Å². The molecule has 140 valence electrons. The summed E-state index contributed by atoms with van der Waals surface area (Å²) in [5.74, 6) is 1.90. The van der Waals surface area contributed by atoms with Gasteiger partial charge in [0.1, 0.15) is 5.75 Å². The van der Waals surface area contributed by atoms with Crippen LogP contribution < -0.4 is 4.74 Å². The molecular formula is C21H34N2O2. The number of hydrogen-bond donors (Lipinski definition) is 0. The molecule has 25 heavy (non-hydrogen) atoms. The standard InChI is InChI=1S/C21H34N2O2/c1-16(2)23-15-19(8-10-21(23)24)14-22(5)11-6-12-25-20-9-7-17(3)13-18(20)4/h7,9,13,16,19H,6,8,10-12,14-15H2,1-5H3. The Hall–Kier alpha value is -1.55. The Morgan fingerprint density at radius 2 is 2.08 bits per heavy atom. The fourth-order valence-electron chi connectivity index (χ4n) is 3.60. The summed E-state index contributed by atoms with van der Waals surface area (Å²) in [5, 5.41) is 0. The molecule has 0 aliphatic carbocycles. The van der Waals surface area contributed by atoms with Crippen molar-refractivity contribution in [3.8, 4) is 5.75 Å². The van der Waals surface area contributed by atoms with E-state index in [4.69, 9.17) is 4.74 Å². The van der Waals surface area contributed by atoms with E-state index in [2.05, 4.69) is 57.8 Å². The molecule has 1 aromatic carbocycles. The van der Waals surface area contributed by atoms with Gasteiger partial charge in [0.25, 0.3) is 0 Å². The van der Waals surface area contributed by atoms with Crippen LogP contribution in [0.3, 0.4) is 0 Å². The van der Waals surface area contributed by atoms with Gasteiger partial charge in [-0.25, -0.2) is 0 Å². The predicted octanol–water partition coefficient (Wildman–Crippen LogP) is 3.65. The second-order valence-corrected chi connectivity index (χ2v) is 7.78. The van der Waals surface area contributed by atoms with Crippen molar-refractivity contribution >= 4 is 5.91 Å². The average molecular weight is 347 g/mol. The molecule has 1 aliphatic heterocycles. The third-order valence-electron chi connectivity index (χ3n) is 5.01. The molecule has 0 spiro atoms. The number of rotatable bonds is 8. The third-order valence-corrected chi connectivity index (χ3v) is 5.01. The SMILES string of the molecule is Cc1ccc(OCCCN(C)CC2CCC(=O)N(C(C)C)C2)c(C)c1. The smallest absolute Gasteiger partial charge is 0.222 e. The van der Waals surface area contributed by atoms with Gasteiger partial charge < -0.3 is 14.5 Å². The predicted molar refractivity (Wildman–Crippen MR) is 103 cm³/mol. The third kappa shape index (κ3) is 6.03. The van der Waals surface area contributed by atoms with Crippen LogP contribution in [0.25, 0.3) is 0 Å². The molecule has 1 unspecified atom stereocenters. The maximum absolute atomic E-state index is 12.0. The average Bonchev–Trinajstić information content (AvgIpc) is 2.54. The van der Waals surface area contributed by atoms with Crippen LogP contribution in [-0.4, -0.2) is 55.0 Å². The molecule has 1 saturated heterocycles. The van der Waals surface area contributed by atoms with Crippen LogP contribution >= 0.6 is 0 Å². The molecule has 2 rings (SSSR count). The molecule has 1 aromatic rings. The molecule has 1 aliphatic rings. The summed E-state index contributed by atoms with van der Waals surface area (Å²) in [6.07, 6.45) is 2.74. The fourth-order valence-corrected chi connectivity index (χ4v) is 3.60. The van der Waals surface area contributed by atoms with Crippen molar-refractivity contribution < 1.29 is 9.53 Å². The van der Waals surface area contributed by atoms with Crippen molar-refractivity contribution in [1.29, 1.82) is 0 Å². The van der Waals surface area contributed by atoms with E-state index in [0.29, 0.717) is 24.3 Å². The van der Waals surface area contributed by atoms with Crippen LogP contribution in [0.5, 0.6) is 5.75 Å². The van der Waals surface area contributed by atoms with Gasteiger partial charge in [0, 0.05) is 32.1 Å². The Morgan fingerprint density at radius 3 is 2.76 bits per heavy atom. The van der Waals surface area contributed by atoms with E-state index in [9.17, 15) is 4.79 Å². The summed E-state index contributed by atoms with van der Waals surface area (Å²) in [7, 11) is 2.17. The van der Waals surface area contributed by atoms with Gasteiger partial charge in [0.15, 0.2) is 0 Å². The number of ether oxygens (including phenoxy) is 1. The molecule has 4 heteroatoms. The van der Waals surface area contributed by atoms with Gasteiger partial charge in [0.2, 0.25) is 5.91 Å². The zero-order valence-corrected chi connectivity index (χ0v) is 16.5. The lowest BCUT2D eigenvalue weighted by Crippen LogP contribution is -2.46. The lowest BCUT2D eigenvalue weighted by Gasteiger charge is -2.37. The first-order chi connectivity index (χ1) is 11.9. The fraction of sp³-hybridized carbons (Fsp3) is 0.667. The molecule has 1 fully saturated rings. The van der Waals surface area contributed by atoms with Crippen molar-refractivity contribution in [3.63, 3.8) is 0 Å². The Morgan fingerprint density at radius 1 is 1.32 bits per heavy atom. The number of aryl methyl sites for hydroxylation is 2. The molecule has 0 N–H and O–H groups in total. The first kappa shape index (κ1) is 19.8. The first-order valence-electron chi connectivity index (χ1n) is 9.55. The van der Waals surface area contributed by atoms with Crippen molar-refractivity contribution in [1.82, 2.24) is 9.80 Å². The molecule has 1 heterocycles. The summed E-state index contributed by atoms with van der Waals surface area (Å²) >= 11 is 0. The van der Waals surface area contributed by atoms with Gasteiger partial charge in [-0.2, -0.15) is 0 Å². The van der Waals surface area contributed by atoms with Gasteiger partial charge in [0.05, 0.1) is 6.61 Å². The number of piperidine rings is 1. The first-order valence-corrected chi connectivity index (χ1v) is 9.55. The number of likely N-dealkylation sites (tertiary alicyclic amines) is 1. The minimum Gasteiger partial charge on any atom is -0.493 e. The van der Waals surface area contributed by atoms with Crippen molar-refractivity contribution in [2.75, 3.05) is 33.3 Å². The van der Waals surface area contributed by atoms with E-state index in [0.717, 1.165) is 44.8 Å². The minimum absolute atomic E-state index is 0.312. The van der Waals surface area contributed by atoms with Crippen LogP contribution in [-0.2, 0) is 4.79 Å². The summed E-state index contributed by atoms with van der Waals surface area (Å²) in [4.78, 5) is 16.4. The van der Waals surface area contributed by atoms with Gasteiger partial charge in [-0.15, -0.1) is 0 Å². The highest BCUT2D eigenvalue weighted by atomic mass is 16.5. The number of amides is 1. The monoisotopic (exact) mass is 346 g/mol. The lowest BCUT2D eigenvalue weighted by atomic mass is 9.96. The molecule has 0 radical (unpaired) electrons. The van der Waals surface area contributed by atoms with Gasteiger partial charge >= 0.3 is 0 Å². The maximum atomic E-state index is 12.0. The van der Waals surface area contributed by atoms with Crippen molar-refractivity contribution in [3.05, 3.63) is 29.3 Å². The summed E-state index contributed by atoms with van der Waals surface area (Å²) in [6, 6.07) is 6.63. The largest absolute Gasteiger partial charge is 0.493 e. The maximum Gasteiger partial charge on any atom is 0.222 e. The molecule has 1 atom stereocenters. The highest BCUT2D eigenvalue weighted by Crippen LogP contribution is 2.21. The second kappa shape index (κ2) is 9.23. The quantitative estimate of drug-likeness (QED) is 0.674. The Kier molecular flexibility index (Phi) is 7.30. The van der Waals surface area contributed by atoms with Crippen LogP contribution in [0.15, 0.2) is 18.2 Å². The van der Waals surface area contributed by atoms with Crippen LogP contribution in [0.1, 0.15) is 44.2 Å². The number of hydrogen-bond acceptors (Lipinski definition) is 3. The highest BCUT2D eigenvalue weighted by molar-refractivity contribution is 5.77. The summed E-state index contributed by atoms with van der Waals surface area (Å²) in [6.45, 7) is 12.1. The van der Waals surface area contributed by atoms with Gasteiger partial charge in [-0.05, 0) is 65.1 Å². The summed E-state index contributed by atoms with van der Waals surface area (Å²) < 4.78 is 5.92. The Bertz CT molecular complexity index is 571. The lowest BCUT2D eigenvalue weighted by molar-refractivity contribution is -0.136. The zero-order valence-electron chi connectivity index (χ0n) is 16.5. The molecule has 0 aromatic heterocycles.